The van der Waals surface area contributed by atoms with Gasteiger partial charge in [-0.25, -0.2) is 0 Å². The molecule has 2 aromatic carbocycles. The Bertz CT molecular complexity index is 1050. The molecule has 0 spiro atoms. The molecule has 0 saturated carbocycles. The number of piperidine rings is 1. The van der Waals surface area contributed by atoms with Crippen LogP contribution in [0.3, 0.4) is 0 Å². The lowest BCUT2D eigenvalue weighted by Crippen LogP contribution is -2.38. The van der Waals surface area contributed by atoms with E-state index in [4.69, 9.17) is 0 Å². The Hall–Kier alpha value is -2.92. The molecule has 3 aromatic rings. The second kappa shape index (κ2) is 10.1. The number of amides is 1. The fraction of sp³-hybridized carbons (Fsp3) is 0.407. The topological polar surface area (TPSA) is 54.3 Å². The number of aromatic nitrogens is 1. The summed E-state index contributed by atoms with van der Waals surface area (Å²) in [6.45, 7) is 5.77. The van der Waals surface area contributed by atoms with Gasteiger partial charge < -0.3 is 14.3 Å². The predicted molar refractivity (Wildman–Crippen MR) is 129 cm³/mol. The van der Waals surface area contributed by atoms with E-state index in [9.17, 15) is 9.59 Å². The smallest absolute Gasteiger partial charge is 0.253 e. The monoisotopic (exact) mass is 431 g/mol. The predicted octanol–water partition coefficient (Wildman–Crippen LogP) is 4.82. The van der Waals surface area contributed by atoms with Crippen LogP contribution in [0.4, 0.5) is 0 Å². The van der Waals surface area contributed by atoms with Crippen LogP contribution in [-0.4, -0.2) is 40.8 Å². The highest BCUT2D eigenvalue weighted by Crippen LogP contribution is 2.26. The van der Waals surface area contributed by atoms with Crippen molar-refractivity contribution in [1.29, 1.82) is 0 Å². The fourth-order valence-electron chi connectivity index (χ4n) is 4.78. The average Bonchev–Trinajstić information content (AvgIpc) is 3.22. The first-order valence-electron chi connectivity index (χ1n) is 11.7. The third-order valence-electron chi connectivity index (χ3n) is 6.42. The molecule has 0 radical (unpaired) electrons. The van der Waals surface area contributed by atoms with Crippen molar-refractivity contribution in [2.75, 3.05) is 13.1 Å². The summed E-state index contributed by atoms with van der Waals surface area (Å²) >= 11 is 0. The van der Waals surface area contributed by atoms with Crippen LogP contribution in [0.15, 0.2) is 60.8 Å². The third kappa shape index (κ3) is 5.10. The molecule has 1 unspecified atom stereocenters. The Kier molecular flexibility index (Phi) is 7.05. The van der Waals surface area contributed by atoms with Crippen LogP contribution < -0.4 is 5.32 Å². The molecule has 1 aliphatic heterocycles. The van der Waals surface area contributed by atoms with Crippen molar-refractivity contribution in [2.45, 2.75) is 51.7 Å². The number of aldehydes is 1. The number of likely N-dealkylation sites (tertiary alicyclic amines) is 1. The SMILES string of the molecule is CC(C)NC(CC=O)n1ccc2cc(C(=O)N3CCC(Cc4ccccc4)CC3)ccc21. The number of hydrogen-bond donors (Lipinski definition) is 1. The summed E-state index contributed by atoms with van der Waals surface area (Å²) in [5.74, 6) is 0.753. The fourth-order valence-corrected chi connectivity index (χ4v) is 4.78. The van der Waals surface area contributed by atoms with Crippen molar-refractivity contribution in [3.8, 4) is 0 Å². The maximum absolute atomic E-state index is 13.2. The van der Waals surface area contributed by atoms with Crippen molar-refractivity contribution in [3.05, 3.63) is 71.9 Å². The maximum Gasteiger partial charge on any atom is 0.253 e. The minimum atomic E-state index is -0.0878. The van der Waals surface area contributed by atoms with E-state index in [-0.39, 0.29) is 18.1 Å². The van der Waals surface area contributed by atoms with Gasteiger partial charge in [-0.1, -0.05) is 30.3 Å². The van der Waals surface area contributed by atoms with E-state index in [0.29, 0.717) is 12.3 Å². The summed E-state index contributed by atoms with van der Waals surface area (Å²) in [6, 6.07) is 18.8. The van der Waals surface area contributed by atoms with Gasteiger partial charge in [0, 0.05) is 48.2 Å². The number of hydrogen-bond acceptors (Lipinski definition) is 3. The van der Waals surface area contributed by atoms with Crippen LogP contribution in [0, 0.1) is 5.92 Å². The van der Waals surface area contributed by atoms with Crippen LogP contribution in [0.5, 0.6) is 0 Å². The molecule has 0 bridgehead atoms. The van der Waals surface area contributed by atoms with Gasteiger partial charge in [0.1, 0.15) is 6.29 Å². The minimum absolute atomic E-state index is 0.0878. The van der Waals surface area contributed by atoms with Crippen molar-refractivity contribution in [2.24, 2.45) is 5.92 Å². The lowest BCUT2D eigenvalue weighted by molar-refractivity contribution is -0.108. The first kappa shape index (κ1) is 22.3. The lowest BCUT2D eigenvalue weighted by atomic mass is 9.90. The Morgan fingerprint density at radius 1 is 1.09 bits per heavy atom. The van der Waals surface area contributed by atoms with Gasteiger partial charge in [0.25, 0.3) is 5.91 Å². The first-order valence-corrected chi connectivity index (χ1v) is 11.7. The maximum atomic E-state index is 13.2. The Balaban J connectivity index is 1.42. The van der Waals surface area contributed by atoms with Crippen LogP contribution >= 0.6 is 0 Å². The molecule has 2 heterocycles. The van der Waals surface area contributed by atoms with Crippen molar-refractivity contribution >= 4 is 23.1 Å². The zero-order valence-electron chi connectivity index (χ0n) is 19.0. The van der Waals surface area contributed by atoms with Gasteiger partial charge in [-0.05, 0) is 68.9 Å². The highest BCUT2D eigenvalue weighted by Gasteiger charge is 2.24. The molecular weight excluding hydrogens is 398 g/mol. The summed E-state index contributed by atoms with van der Waals surface area (Å²) in [6.07, 6.45) is 6.45. The lowest BCUT2D eigenvalue weighted by Gasteiger charge is -2.32. The molecule has 1 aliphatic rings. The quantitative estimate of drug-likeness (QED) is 0.520. The number of carbonyl (C=O) groups is 2. The summed E-state index contributed by atoms with van der Waals surface area (Å²) in [7, 11) is 0. The van der Waals surface area contributed by atoms with Crippen LogP contribution in [0.2, 0.25) is 0 Å². The number of benzene rings is 2. The summed E-state index contributed by atoms with van der Waals surface area (Å²) in [5, 5.41) is 4.47. The van der Waals surface area contributed by atoms with Crippen LogP contribution in [0.25, 0.3) is 10.9 Å². The van der Waals surface area contributed by atoms with E-state index in [1.54, 1.807) is 0 Å². The molecule has 1 saturated heterocycles. The molecule has 32 heavy (non-hydrogen) atoms. The standard InChI is InChI=1S/C27H33N3O2/c1-20(2)28-26(13-17-31)30-16-12-23-19-24(8-9-25(23)30)27(32)29-14-10-22(11-15-29)18-21-6-4-3-5-7-21/h3-9,12,16-17,19-20,22,26,28H,10-11,13-15,18H2,1-2H3. The number of nitrogens with zero attached hydrogens (tertiary/aromatic N) is 2. The molecule has 1 atom stereocenters. The van der Waals surface area contributed by atoms with Crippen molar-refractivity contribution < 1.29 is 9.59 Å². The molecule has 1 aromatic heterocycles. The molecule has 1 amide bonds. The van der Waals surface area contributed by atoms with Gasteiger partial charge in [0.15, 0.2) is 0 Å². The van der Waals surface area contributed by atoms with E-state index in [1.165, 1.54) is 5.56 Å². The Labute approximate surface area is 190 Å². The highest BCUT2D eigenvalue weighted by molar-refractivity contribution is 5.98. The molecule has 5 nitrogen and oxygen atoms in total. The van der Waals surface area contributed by atoms with E-state index in [2.05, 4.69) is 54.1 Å². The van der Waals surface area contributed by atoms with Gasteiger partial charge in [-0.2, -0.15) is 0 Å². The first-order chi connectivity index (χ1) is 15.5. The second-order valence-electron chi connectivity index (χ2n) is 9.16. The Morgan fingerprint density at radius 3 is 2.53 bits per heavy atom. The Morgan fingerprint density at radius 2 is 1.84 bits per heavy atom. The molecule has 0 aliphatic carbocycles. The van der Waals surface area contributed by atoms with Crippen LogP contribution in [-0.2, 0) is 11.2 Å². The van der Waals surface area contributed by atoms with Gasteiger partial charge in [0.05, 0.1) is 6.17 Å². The van der Waals surface area contributed by atoms with E-state index in [1.807, 2.05) is 35.4 Å². The molecule has 168 valence electrons. The van der Waals surface area contributed by atoms with Gasteiger partial charge in [0.2, 0.25) is 0 Å². The second-order valence-corrected chi connectivity index (χ2v) is 9.16. The number of carbonyl (C=O) groups excluding carboxylic acids is 2. The van der Waals surface area contributed by atoms with E-state index in [0.717, 1.165) is 55.1 Å². The zero-order valence-corrected chi connectivity index (χ0v) is 19.0. The minimum Gasteiger partial charge on any atom is -0.339 e. The summed E-state index contributed by atoms with van der Waals surface area (Å²) < 4.78 is 2.09. The van der Waals surface area contributed by atoms with Crippen LogP contribution in [0.1, 0.15) is 55.2 Å². The van der Waals surface area contributed by atoms with Gasteiger partial charge in [-0.3, -0.25) is 10.1 Å². The number of fused-ring (bicyclic) bond motifs is 1. The normalized spacial score (nSPS) is 15.9. The summed E-state index contributed by atoms with van der Waals surface area (Å²) in [4.78, 5) is 26.3. The van der Waals surface area contributed by atoms with E-state index >= 15 is 0 Å². The van der Waals surface area contributed by atoms with Gasteiger partial charge >= 0.3 is 0 Å². The molecule has 1 N–H and O–H groups in total. The highest BCUT2D eigenvalue weighted by atomic mass is 16.2. The largest absolute Gasteiger partial charge is 0.339 e. The number of nitrogens with one attached hydrogen (secondary N) is 1. The molecule has 5 heteroatoms. The van der Waals surface area contributed by atoms with Crippen molar-refractivity contribution in [3.63, 3.8) is 0 Å². The average molecular weight is 432 g/mol. The van der Waals surface area contributed by atoms with Gasteiger partial charge in [-0.15, -0.1) is 0 Å². The number of rotatable bonds is 8. The zero-order chi connectivity index (χ0) is 22.5. The van der Waals surface area contributed by atoms with Crippen molar-refractivity contribution in [1.82, 2.24) is 14.8 Å². The molecule has 1 fully saturated rings. The molecule has 4 rings (SSSR count). The third-order valence-corrected chi connectivity index (χ3v) is 6.42. The summed E-state index contributed by atoms with van der Waals surface area (Å²) in [5.41, 5.74) is 3.15. The molecular formula is C27H33N3O2. The van der Waals surface area contributed by atoms with E-state index < -0.39 is 0 Å².